The van der Waals surface area contributed by atoms with E-state index in [9.17, 15) is 9.18 Å². The Morgan fingerprint density at radius 2 is 2.25 bits per heavy atom. The second kappa shape index (κ2) is 5.81. The number of aromatic nitrogens is 2. The summed E-state index contributed by atoms with van der Waals surface area (Å²) in [5, 5.41) is 3.82. The monoisotopic (exact) mass is 278 g/mol. The van der Waals surface area contributed by atoms with Crippen molar-refractivity contribution in [2.45, 2.75) is 26.7 Å². The molecule has 2 rings (SSSR count). The lowest BCUT2D eigenvalue weighted by atomic mass is 10.1. The molecule has 106 valence electrons. The molecule has 0 fully saturated rings. The zero-order valence-electron chi connectivity index (χ0n) is 11.5. The van der Waals surface area contributed by atoms with Crippen LogP contribution in [0.5, 0.6) is 0 Å². The zero-order chi connectivity index (χ0) is 14.7. The lowest BCUT2D eigenvalue weighted by molar-refractivity contribution is -0.145. The van der Waals surface area contributed by atoms with Crippen molar-refractivity contribution in [3.05, 3.63) is 35.5 Å². The number of carbonyl (C=O) groups is 1. The van der Waals surface area contributed by atoms with Gasteiger partial charge >= 0.3 is 5.97 Å². The Bertz CT molecular complexity index is 625. The normalized spacial score (nSPS) is 12.2. The first-order chi connectivity index (χ1) is 9.52. The van der Waals surface area contributed by atoms with Crippen LogP contribution in [-0.4, -0.2) is 22.7 Å². The number of hydrogen-bond acceptors (Lipinski definition) is 5. The maximum Gasteiger partial charge on any atom is 0.318 e. The van der Waals surface area contributed by atoms with Gasteiger partial charge in [0.15, 0.2) is 0 Å². The van der Waals surface area contributed by atoms with Gasteiger partial charge < -0.3 is 9.26 Å². The first-order valence-electron chi connectivity index (χ1n) is 6.29. The van der Waals surface area contributed by atoms with E-state index < -0.39 is 11.9 Å². The van der Waals surface area contributed by atoms with Crippen molar-refractivity contribution in [3.63, 3.8) is 0 Å². The molecule has 0 radical (unpaired) electrons. The SMILES string of the molecule is CCOC(=O)C(C)c1nc(-c2ccc(F)cc2C)no1. The molecule has 1 unspecified atom stereocenters. The minimum atomic E-state index is -0.628. The third-order valence-electron chi connectivity index (χ3n) is 2.88. The maximum absolute atomic E-state index is 13.1. The lowest BCUT2D eigenvalue weighted by Gasteiger charge is -2.04. The first kappa shape index (κ1) is 14.2. The molecule has 0 saturated heterocycles. The molecule has 1 aromatic carbocycles. The molecule has 1 aromatic heterocycles. The Labute approximate surface area is 115 Å². The van der Waals surface area contributed by atoms with Crippen molar-refractivity contribution in [1.29, 1.82) is 0 Å². The van der Waals surface area contributed by atoms with Gasteiger partial charge in [-0.2, -0.15) is 4.98 Å². The van der Waals surface area contributed by atoms with Gasteiger partial charge in [-0.25, -0.2) is 4.39 Å². The molecule has 0 N–H and O–H groups in total. The highest BCUT2D eigenvalue weighted by atomic mass is 19.1. The summed E-state index contributed by atoms with van der Waals surface area (Å²) in [5.41, 5.74) is 1.36. The zero-order valence-corrected chi connectivity index (χ0v) is 11.5. The molecule has 0 spiro atoms. The van der Waals surface area contributed by atoms with Crippen molar-refractivity contribution in [3.8, 4) is 11.4 Å². The molecular weight excluding hydrogens is 263 g/mol. The Morgan fingerprint density at radius 1 is 1.50 bits per heavy atom. The van der Waals surface area contributed by atoms with E-state index in [1.54, 1.807) is 26.8 Å². The molecule has 1 atom stereocenters. The third-order valence-corrected chi connectivity index (χ3v) is 2.88. The second-order valence-corrected chi connectivity index (χ2v) is 4.39. The van der Waals surface area contributed by atoms with Crippen LogP contribution in [0, 0.1) is 12.7 Å². The minimum Gasteiger partial charge on any atom is -0.465 e. The average Bonchev–Trinajstić information content (AvgIpc) is 2.87. The second-order valence-electron chi connectivity index (χ2n) is 4.39. The van der Waals surface area contributed by atoms with E-state index in [0.717, 1.165) is 0 Å². The highest BCUT2D eigenvalue weighted by Crippen LogP contribution is 2.23. The van der Waals surface area contributed by atoms with Crippen LogP contribution in [-0.2, 0) is 9.53 Å². The number of rotatable bonds is 4. The molecule has 0 saturated carbocycles. The molecule has 6 heteroatoms. The van der Waals surface area contributed by atoms with Gasteiger partial charge in [0.1, 0.15) is 11.7 Å². The van der Waals surface area contributed by atoms with E-state index in [1.807, 2.05) is 0 Å². The first-order valence-corrected chi connectivity index (χ1v) is 6.29. The van der Waals surface area contributed by atoms with Gasteiger partial charge in [0.05, 0.1) is 6.61 Å². The number of halogens is 1. The van der Waals surface area contributed by atoms with Gasteiger partial charge in [-0.1, -0.05) is 5.16 Å². The molecule has 0 aliphatic carbocycles. The summed E-state index contributed by atoms with van der Waals surface area (Å²) >= 11 is 0. The quantitative estimate of drug-likeness (QED) is 0.804. The van der Waals surface area contributed by atoms with E-state index in [1.165, 1.54) is 12.1 Å². The molecule has 1 heterocycles. The maximum atomic E-state index is 13.1. The van der Waals surface area contributed by atoms with Crippen LogP contribution in [0.15, 0.2) is 22.7 Å². The standard InChI is InChI=1S/C14H15FN2O3/c1-4-19-14(18)9(3)13-16-12(17-20-13)11-6-5-10(15)7-8(11)2/h5-7,9H,4H2,1-3H3. The Kier molecular flexibility index (Phi) is 4.12. The molecule has 5 nitrogen and oxygen atoms in total. The van der Waals surface area contributed by atoms with Crippen molar-refractivity contribution in [1.82, 2.24) is 10.1 Å². The van der Waals surface area contributed by atoms with E-state index >= 15 is 0 Å². The molecule has 2 aromatic rings. The summed E-state index contributed by atoms with van der Waals surface area (Å²) in [4.78, 5) is 15.8. The summed E-state index contributed by atoms with van der Waals surface area (Å²) in [7, 11) is 0. The number of ether oxygens (including phenoxy) is 1. The number of nitrogens with zero attached hydrogens (tertiary/aromatic N) is 2. The Balaban J connectivity index is 2.26. The van der Waals surface area contributed by atoms with Crippen LogP contribution >= 0.6 is 0 Å². The van der Waals surface area contributed by atoms with Crippen molar-refractivity contribution < 1.29 is 18.4 Å². The van der Waals surface area contributed by atoms with Crippen LogP contribution < -0.4 is 0 Å². The topological polar surface area (TPSA) is 65.2 Å². The van der Waals surface area contributed by atoms with E-state index in [2.05, 4.69) is 10.1 Å². The van der Waals surface area contributed by atoms with Gasteiger partial charge in [-0.05, 0) is 44.5 Å². The van der Waals surface area contributed by atoms with Crippen LogP contribution in [0.4, 0.5) is 4.39 Å². The van der Waals surface area contributed by atoms with Crippen LogP contribution in [0.2, 0.25) is 0 Å². The lowest BCUT2D eigenvalue weighted by Crippen LogP contribution is -2.13. The average molecular weight is 278 g/mol. The molecule has 0 aliphatic rings. The van der Waals surface area contributed by atoms with Crippen molar-refractivity contribution >= 4 is 5.97 Å². The van der Waals surface area contributed by atoms with Gasteiger partial charge in [-0.3, -0.25) is 4.79 Å². The van der Waals surface area contributed by atoms with E-state index in [-0.39, 0.29) is 11.7 Å². The molecule has 0 aliphatic heterocycles. The van der Waals surface area contributed by atoms with E-state index in [0.29, 0.717) is 23.6 Å². The number of aryl methyl sites for hydroxylation is 1. The van der Waals surface area contributed by atoms with Crippen LogP contribution in [0.25, 0.3) is 11.4 Å². The third kappa shape index (κ3) is 2.84. The fourth-order valence-electron chi connectivity index (χ4n) is 1.77. The van der Waals surface area contributed by atoms with Gasteiger partial charge in [-0.15, -0.1) is 0 Å². The fourth-order valence-corrected chi connectivity index (χ4v) is 1.77. The van der Waals surface area contributed by atoms with E-state index in [4.69, 9.17) is 9.26 Å². The van der Waals surface area contributed by atoms with Crippen molar-refractivity contribution in [2.75, 3.05) is 6.61 Å². The molecule has 20 heavy (non-hydrogen) atoms. The predicted octanol–water partition coefficient (Wildman–Crippen LogP) is 2.85. The minimum absolute atomic E-state index is 0.183. The van der Waals surface area contributed by atoms with Crippen LogP contribution in [0.1, 0.15) is 31.2 Å². The smallest absolute Gasteiger partial charge is 0.318 e. The summed E-state index contributed by atoms with van der Waals surface area (Å²) < 4.78 is 23.0. The van der Waals surface area contributed by atoms with Gasteiger partial charge in [0, 0.05) is 5.56 Å². The highest BCUT2D eigenvalue weighted by Gasteiger charge is 2.23. The fraction of sp³-hybridized carbons (Fsp3) is 0.357. The molecular formula is C14H15FN2O3. The molecule has 0 amide bonds. The number of carbonyl (C=O) groups excluding carboxylic acids is 1. The summed E-state index contributed by atoms with van der Waals surface area (Å²) in [6.45, 7) is 5.41. The van der Waals surface area contributed by atoms with Crippen LogP contribution in [0.3, 0.4) is 0 Å². The predicted molar refractivity (Wildman–Crippen MR) is 69.5 cm³/mol. The highest BCUT2D eigenvalue weighted by molar-refractivity contribution is 5.76. The number of esters is 1. The summed E-state index contributed by atoms with van der Waals surface area (Å²) in [5.74, 6) is -0.860. The number of benzene rings is 1. The largest absolute Gasteiger partial charge is 0.465 e. The van der Waals surface area contributed by atoms with Crippen molar-refractivity contribution in [2.24, 2.45) is 0 Å². The molecule has 0 bridgehead atoms. The Morgan fingerprint density at radius 3 is 2.90 bits per heavy atom. The van der Waals surface area contributed by atoms with Gasteiger partial charge in [0.25, 0.3) is 0 Å². The Hall–Kier alpha value is -2.24. The summed E-state index contributed by atoms with van der Waals surface area (Å²) in [6, 6.07) is 4.29. The van der Waals surface area contributed by atoms with Gasteiger partial charge in [0.2, 0.25) is 11.7 Å². The summed E-state index contributed by atoms with van der Waals surface area (Å²) in [6.07, 6.45) is 0. The number of hydrogen-bond donors (Lipinski definition) is 0.